The van der Waals surface area contributed by atoms with E-state index in [4.69, 9.17) is 0 Å². The fraction of sp³-hybridized carbons (Fsp3) is 0.455. The molecule has 2 rings (SSSR count). The number of likely N-dealkylation sites (tertiary alicyclic amines) is 1. The average Bonchev–Trinajstić information content (AvgIpc) is 2.24. The molecule has 1 aromatic heterocycles. The van der Waals surface area contributed by atoms with E-state index >= 15 is 0 Å². The number of aromatic nitrogens is 1. The molecule has 2 N–H and O–H groups in total. The number of alkyl halides is 2. The van der Waals surface area contributed by atoms with E-state index in [1.165, 1.54) is 0 Å². The Morgan fingerprint density at radius 1 is 1.56 bits per heavy atom. The summed E-state index contributed by atoms with van der Waals surface area (Å²) in [5, 5.41) is 11.8. The third-order valence-electron chi connectivity index (χ3n) is 2.75. The molecule has 7 heteroatoms. The van der Waals surface area contributed by atoms with Crippen LogP contribution in [0.15, 0.2) is 18.2 Å². The fourth-order valence-corrected chi connectivity index (χ4v) is 1.70. The van der Waals surface area contributed by atoms with Gasteiger partial charge in [-0.25, -0.2) is 18.6 Å². The smallest absolute Gasteiger partial charge is 0.323 e. The van der Waals surface area contributed by atoms with Crippen LogP contribution in [0, 0.1) is 6.92 Å². The summed E-state index contributed by atoms with van der Waals surface area (Å²) in [6.45, 7) is 1.03. The van der Waals surface area contributed by atoms with Crippen LogP contribution >= 0.6 is 0 Å². The van der Waals surface area contributed by atoms with Crippen LogP contribution in [0.25, 0.3) is 0 Å². The average molecular weight is 257 g/mol. The molecular formula is C11H13F2N3O2. The summed E-state index contributed by atoms with van der Waals surface area (Å²) in [5.74, 6) is 0.354. The lowest BCUT2D eigenvalue weighted by Crippen LogP contribution is -2.67. The summed E-state index contributed by atoms with van der Waals surface area (Å²) in [4.78, 5) is 16.8. The standard InChI is InChI=1S/C11H13F2N3O2/c1-7-3-2-4-8(14-7)15-10(17)16-5-11(18,6-16)9(12)13/h2-4,9,18H,5-6H2,1H3,(H,14,15,17). The van der Waals surface area contributed by atoms with Gasteiger partial charge in [0.25, 0.3) is 6.43 Å². The van der Waals surface area contributed by atoms with Crippen molar-refractivity contribution in [2.45, 2.75) is 19.0 Å². The highest BCUT2D eigenvalue weighted by Crippen LogP contribution is 2.27. The molecule has 0 aromatic carbocycles. The van der Waals surface area contributed by atoms with Gasteiger partial charge >= 0.3 is 6.03 Å². The van der Waals surface area contributed by atoms with Crippen molar-refractivity contribution in [3.8, 4) is 0 Å². The number of carbonyl (C=O) groups is 1. The molecule has 0 bridgehead atoms. The minimum Gasteiger partial charge on any atom is -0.380 e. The van der Waals surface area contributed by atoms with Crippen LogP contribution in [0.4, 0.5) is 19.4 Å². The minimum absolute atomic E-state index is 0.354. The molecule has 1 saturated heterocycles. The first kappa shape index (κ1) is 12.7. The van der Waals surface area contributed by atoms with Gasteiger partial charge in [-0.1, -0.05) is 6.07 Å². The van der Waals surface area contributed by atoms with Crippen molar-refractivity contribution in [3.05, 3.63) is 23.9 Å². The summed E-state index contributed by atoms with van der Waals surface area (Å²) < 4.78 is 24.7. The van der Waals surface area contributed by atoms with E-state index < -0.39 is 18.1 Å². The molecule has 5 nitrogen and oxygen atoms in total. The normalized spacial score (nSPS) is 17.5. The van der Waals surface area contributed by atoms with Gasteiger partial charge in [0.1, 0.15) is 5.82 Å². The van der Waals surface area contributed by atoms with Gasteiger partial charge in [0.15, 0.2) is 5.60 Å². The number of hydrogen-bond acceptors (Lipinski definition) is 3. The SMILES string of the molecule is Cc1cccc(NC(=O)N2CC(O)(C(F)F)C2)n1. The Hall–Kier alpha value is -1.76. The van der Waals surface area contributed by atoms with Crippen molar-refractivity contribution in [1.29, 1.82) is 0 Å². The van der Waals surface area contributed by atoms with Crippen molar-refractivity contribution in [2.24, 2.45) is 0 Å². The number of urea groups is 1. The zero-order valence-corrected chi connectivity index (χ0v) is 9.73. The van der Waals surface area contributed by atoms with E-state index in [9.17, 15) is 18.7 Å². The number of nitrogens with zero attached hydrogens (tertiary/aromatic N) is 2. The largest absolute Gasteiger partial charge is 0.380 e. The van der Waals surface area contributed by atoms with Crippen molar-refractivity contribution < 1.29 is 18.7 Å². The molecule has 18 heavy (non-hydrogen) atoms. The number of anilines is 1. The third kappa shape index (κ3) is 2.40. The van der Waals surface area contributed by atoms with Gasteiger partial charge in [-0.05, 0) is 19.1 Å². The highest BCUT2D eigenvalue weighted by Gasteiger charge is 2.50. The number of halogens is 2. The molecule has 0 unspecified atom stereocenters. The first-order chi connectivity index (χ1) is 8.40. The Bertz CT molecular complexity index is 461. The molecule has 1 aliphatic rings. The second-order valence-electron chi connectivity index (χ2n) is 4.35. The summed E-state index contributed by atoms with van der Waals surface area (Å²) in [5.41, 5.74) is -1.34. The van der Waals surface area contributed by atoms with Crippen LogP contribution in [-0.4, -0.2) is 46.1 Å². The first-order valence-corrected chi connectivity index (χ1v) is 5.41. The maximum absolute atomic E-state index is 12.4. The van der Waals surface area contributed by atoms with Gasteiger partial charge in [-0.3, -0.25) is 5.32 Å². The van der Waals surface area contributed by atoms with Crippen LogP contribution in [0.1, 0.15) is 5.69 Å². The Morgan fingerprint density at radius 2 is 2.22 bits per heavy atom. The Morgan fingerprint density at radius 3 is 2.78 bits per heavy atom. The predicted molar refractivity (Wildman–Crippen MR) is 60.5 cm³/mol. The summed E-state index contributed by atoms with van der Waals surface area (Å²) >= 11 is 0. The van der Waals surface area contributed by atoms with Crippen LogP contribution in [0.2, 0.25) is 0 Å². The number of nitrogens with one attached hydrogen (secondary N) is 1. The fourth-order valence-electron chi connectivity index (χ4n) is 1.70. The topological polar surface area (TPSA) is 65.5 Å². The lowest BCUT2D eigenvalue weighted by molar-refractivity contribution is -0.163. The molecule has 1 aliphatic heterocycles. The minimum atomic E-state index is -2.85. The molecule has 0 radical (unpaired) electrons. The maximum atomic E-state index is 12.4. The van der Waals surface area contributed by atoms with E-state index in [2.05, 4.69) is 10.3 Å². The summed E-state index contributed by atoms with van der Waals surface area (Å²) in [6, 6.07) is 4.56. The highest BCUT2D eigenvalue weighted by atomic mass is 19.3. The third-order valence-corrected chi connectivity index (χ3v) is 2.75. The molecule has 2 amide bonds. The van der Waals surface area contributed by atoms with Gasteiger partial charge in [0, 0.05) is 5.69 Å². The maximum Gasteiger partial charge on any atom is 0.323 e. The highest BCUT2D eigenvalue weighted by molar-refractivity contribution is 5.89. The number of amides is 2. The number of carbonyl (C=O) groups excluding carboxylic acids is 1. The molecule has 0 atom stereocenters. The van der Waals surface area contributed by atoms with Gasteiger partial charge in [0.2, 0.25) is 0 Å². The van der Waals surface area contributed by atoms with Crippen molar-refractivity contribution >= 4 is 11.8 Å². The van der Waals surface area contributed by atoms with Gasteiger partial charge in [0.05, 0.1) is 13.1 Å². The molecule has 1 fully saturated rings. The number of aryl methyl sites for hydroxylation is 1. The number of hydrogen-bond donors (Lipinski definition) is 2. The van der Waals surface area contributed by atoms with Crippen LogP contribution in [0.5, 0.6) is 0 Å². The van der Waals surface area contributed by atoms with E-state index in [-0.39, 0.29) is 13.1 Å². The van der Waals surface area contributed by atoms with Crippen LogP contribution in [-0.2, 0) is 0 Å². The summed E-state index contributed by atoms with van der Waals surface area (Å²) in [6.07, 6.45) is -2.85. The number of β-amino-alcohol motifs (C(OH)–C–C–N with tert-alkyl or cyclic N) is 1. The van der Waals surface area contributed by atoms with Gasteiger partial charge in [-0.15, -0.1) is 0 Å². The molecule has 0 saturated carbocycles. The van der Waals surface area contributed by atoms with E-state index in [0.717, 1.165) is 10.6 Å². The second-order valence-corrected chi connectivity index (χ2v) is 4.35. The number of aliphatic hydroxyl groups is 1. The monoisotopic (exact) mass is 257 g/mol. The number of pyridine rings is 1. The Kier molecular flexibility index (Phi) is 3.16. The van der Waals surface area contributed by atoms with E-state index in [1.54, 1.807) is 25.1 Å². The Labute approximate surface area is 102 Å². The van der Waals surface area contributed by atoms with Crippen LogP contribution < -0.4 is 5.32 Å². The molecule has 2 heterocycles. The van der Waals surface area contributed by atoms with Crippen molar-refractivity contribution in [3.63, 3.8) is 0 Å². The zero-order valence-electron chi connectivity index (χ0n) is 9.73. The molecule has 1 aromatic rings. The second kappa shape index (κ2) is 4.49. The number of rotatable bonds is 2. The first-order valence-electron chi connectivity index (χ1n) is 5.41. The molecular weight excluding hydrogens is 244 g/mol. The lowest BCUT2D eigenvalue weighted by Gasteiger charge is -2.45. The quantitative estimate of drug-likeness (QED) is 0.837. The van der Waals surface area contributed by atoms with E-state index in [0.29, 0.717) is 5.82 Å². The van der Waals surface area contributed by atoms with Crippen LogP contribution in [0.3, 0.4) is 0 Å². The molecule has 0 aliphatic carbocycles. The zero-order chi connectivity index (χ0) is 13.3. The lowest BCUT2D eigenvalue weighted by atomic mass is 9.95. The summed E-state index contributed by atoms with van der Waals surface area (Å²) in [7, 11) is 0. The van der Waals surface area contributed by atoms with Gasteiger partial charge in [-0.2, -0.15) is 0 Å². The molecule has 0 spiro atoms. The predicted octanol–water partition coefficient (Wildman–Crippen LogP) is 1.23. The van der Waals surface area contributed by atoms with Crippen molar-refractivity contribution in [1.82, 2.24) is 9.88 Å². The molecule has 98 valence electrons. The Balaban J connectivity index is 1.92. The van der Waals surface area contributed by atoms with E-state index in [1.807, 2.05) is 0 Å². The van der Waals surface area contributed by atoms with Gasteiger partial charge < -0.3 is 10.0 Å². The van der Waals surface area contributed by atoms with Crippen molar-refractivity contribution in [2.75, 3.05) is 18.4 Å².